The molecule has 6 aromatic heterocycles. The van der Waals surface area contributed by atoms with Gasteiger partial charge in [-0.1, -0.05) is 6.92 Å². The minimum atomic E-state index is -0.0341. The number of imidazole rings is 1. The predicted molar refractivity (Wildman–Crippen MR) is 137 cm³/mol. The summed E-state index contributed by atoms with van der Waals surface area (Å²) in [4.78, 5) is 33.5. The molecular weight excluding hydrogens is 460 g/mol. The van der Waals surface area contributed by atoms with Gasteiger partial charge in [-0.3, -0.25) is 24.8 Å². The maximum Gasteiger partial charge on any atom is 0.224 e. The van der Waals surface area contributed by atoms with Crippen molar-refractivity contribution < 1.29 is 4.79 Å². The molecule has 6 aromatic rings. The highest BCUT2D eigenvalue weighted by atomic mass is 32.1. The average molecular weight is 481 g/mol. The molecule has 0 aliphatic rings. The predicted octanol–water partition coefficient (Wildman–Crippen LogP) is 5.43. The molecule has 0 bridgehead atoms. The van der Waals surface area contributed by atoms with Crippen molar-refractivity contribution in [2.75, 3.05) is 5.32 Å². The van der Waals surface area contributed by atoms with Gasteiger partial charge in [-0.25, -0.2) is 4.98 Å². The van der Waals surface area contributed by atoms with Crippen LogP contribution in [0.3, 0.4) is 0 Å². The number of fused-ring (bicyclic) bond motifs is 2. The highest BCUT2D eigenvalue weighted by Gasteiger charge is 2.17. The first-order chi connectivity index (χ1) is 17.2. The fourth-order valence-corrected chi connectivity index (χ4v) is 4.68. The second-order valence-corrected chi connectivity index (χ2v) is 8.91. The van der Waals surface area contributed by atoms with Gasteiger partial charge in [-0.2, -0.15) is 16.4 Å². The Bertz CT molecular complexity index is 1670. The molecule has 0 aromatic carbocycles. The zero-order chi connectivity index (χ0) is 23.8. The Kier molecular flexibility index (Phi) is 5.27. The molecule has 1 amide bonds. The summed E-state index contributed by atoms with van der Waals surface area (Å²) in [7, 11) is 0. The van der Waals surface area contributed by atoms with E-state index in [0.717, 1.165) is 50.7 Å². The molecule has 0 unspecified atom stereocenters. The molecule has 0 aliphatic carbocycles. The third-order valence-electron chi connectivity index (χ3n) is 5.69. The van der Waals surface area contributed by atoms with Gasteiger partial charge in [-0.05, 0) is 40.9 Å². The number of amides is 1. The first kappa shape index (κ1) is 21.1. The maximum atomic E-state index is 12.0. The standard InChI is InChI=1S/C25H20N8OS/c1-2-3-22(34)29-16-6-15(8-26-9-16)19-7-17-20(12-28-19)32-33-24(17)25-30-21-11-27-10-18(23(21)31-25)14-4-5-35-13-14/h4-13H,2-3H2,1H3,(H,29,34)(H,30,31)(H,32,33). The molecule has 10 heteroatoms. The molecule has 6 heterocycles. The van der Waals surface area contributed by atoms with E-state index >= 15 is 0 Å². The van der Waals surface area contributed by atoms with Crippen LogP contribution in [0.5, 0.6) is 0 Å². The van der Waals surface area contributed by atoms with Crippen LogP contribution in [0.25, 0.3) is 55.8 Å². The minimum Gasteiger partial charge on any atom is -0.335 e. The van der Waals surface area contributed by atoms with E-state index in [1.165, 1.54) is 0 Å². The van der Waals surface area contributed by atoms with Gasteiger partial charge in [-0.15, -0.1) is 0 Å². The number of nitrogens with one attached hydrogen (secondary N) is 3. The fraction of sp³-hybridized carbons (Fsp3) is 0.120. The first-order valence-corrected chi connectivity index (χ1v) is 12.1. The van der Waals surface area contributed by atoms with E-state index in [0.29, 0.717) is 23.6 Å². The number of anilines is 1. The lowest BCUT2D eigenvalue weighted by Gasteiger charge is -2.06. The van der Waals surface area contributed by atoms with Crippen molar-refractivity contribution in [3.05, 3.63) is 59.9 Å². The smallest absolute Gasteiger partial charge is 0.224 e. The number of H-pyrrole nitrogens is 2. The lowest BCUT2D eigenvalue weighted by Crippen LogP contribution is -2.10. The lowest BCUT2D eigenvalue weighted by molar-refractivity contribution is -0.116. The number of thiophene rings is 1. The van der Waals surface area contributed by atoms with Gasteiger partial charge < -0.3 is 10.3 Å². The fourth-order valence-electron chi connectivity index (χ4n) is 4.03. The number of pyridine rings is 3. The van der Waals surface area contributed by atoms with E-state index in [1.54, 1.807) is 36.1 Å². The summed E-state index contributed by atoms with van der Waals surface area (Å²) < 4.78 is 0. The number of hydrogen-bond donors (Lipinski definition) is 3. The molecule has 0 radical (unpaired) electrons. The van der Waals surface area contributed by atoms with Crippen molar-refractivity contribution in [3.8, 4) is 33.9 Å². The Hall–Kier alpha value is -4.44. The van der Waals surface area contributed by atoms with Crippen molar-refractivity contribution in [3.63, 3.8) is 0 Å². The molecule has 35 heavy (non-hydrogen) atoms. The zero-order valence-electron chi connectivity index (χ0n) is 18.7. The highest BCUT2D eigenvalue weighted by Crippen LogP contribution is 2.32. The summed E-state index contributed by atoms with van der Waals surface area (Å²) in [6.45, 7) is 1.97. The number of rotatable bonds is 6. The Morgan fingerprint density at radius 3 is 2.83 bits per heavy atom. The summed E-state index contributed by atoms with van der Waals surface area (Å²) in [6, 6.07) is 5.88. The van der Waals surface area contributed by atoms with Gasteiger partial charge in [0.1, 0.15) is 11.2 Å². The van der Waals surface area contributed by atoms with E-state index in [1.807, 2.05) is 30.6 Å². The Balaban J connectivity index is 1.40. The summed E-state index contributed by atoms with van der Waals surface area (Å²) in [5.74, 6) is 0.611. The quantitative estimate of drug-likeness (QED) is 0.292. The third kappa shape index (κ3) is 3.93. The molecule has 0 fully saturated rings. The molecule has 9 nitrogen and oxygen atoms in total. The topological polar surface area (TPSA) is 125 Å². The van der Waals surface area contributed by atoms with Gasteiger partial charge in [0.2, 0.25) is 5.91 Å². The van der Waals surface area contributed by atoms with Crippen molar-refractivity contribution in [1.29, 1.82) is 0 Å². The Morgan fingerprint density at radius 2 is 1.97 bits per heavy atom. The molecule has 6 rings (SSSR count). The van der Waals surface area contributed by atoms with Crippen LogP contribution in [0, 0.1) is 0 Å². The number of nitrogens with zero attached hydrogens (tertiary/aromatic N) is 5. The number of hydrogen-bond acceptors (Lipinski definition) is 7. The van der Waals surface area contributed by atoms with Gasteiger partial charge >= 0.3 is 0 Å². The summed E-state index contributed by atoms with van der Waals surface area (Å²) >= 11 is 1.64. The van der Waals surface area contributed by atoms with Crippen LogP contribution < -0.4 is 5.32 Å². The van der Waals surface area contributed by atoms with Crippen LogP contribution in [-0.2, 0) is 4.79 Å². The Labute approximate surface area is 203 Å². The molecule has 0 saturated heterocycles. The molecule has 172 valence electrons. The van der Waals surface area contributed by atoms with Gasteiger partial charge in [0.25, 0.3) is 0 Å². The monoisotopic (exact) mass is 480 g/mol. The number of carbonyl (C=O) groups excluding carboxylic acids is 1. The van der Waals surface area contributed by atoms with E-state index in [-0.39, 0.29) is 5.91 Å². The van der Waals surface area contributed by atoms with Crippen LogP contribution in [0.2, 0.25) is 0 Å². The molecular formula is C25H20N8OS. The van der Waals surface area contributed by atoms with Crippen LogP contribution in [0.15, 0.2) is 59.9 Å². The summed E-state index contributed by atoms with van der Waals surface area (Å²) in [5, 5.41) is 15.4. The largest absolute Gasteiger partial charge is 0.335 e. The van der Waals surface area contributed by atoms with Gasteiger partial charge in [0, 0.05) is 35.3 Å². The maximum absolute atomic E-state index is 12.0. The van der Waals surface area contributed by atoms with Crippen LogP contribution in [-0.4, -0.2) is 41.0 Å². The summed E-state index contributed by atoms with van der Waals surface area (Å²) in [6.07, 6.45) is 9.95. The van der Waals surface area contributed by atoms with E-state index in [4.69, 9.17) is 4.98 Å². The van der Waals surface area contributed by atoms with E-state index in [2.05, 4.69) is 46.9 Å². The van der Waals surface area contributed by atoms with Gasteiger partial charge in [0.05, 0.1) is 41.0 Å². The molecule has 0 atom stereocenters. The van der Waals surface area contributed by atoms with Crippen molar-refractivity contribution in [2.45, 2.75) is 19.8 Å². The lowest BCUT2D eigenvalue weighted by atomic mass is 10.1. The zero-order valence-corrected chi connectivity index (χ0v) is 19.6. The van der Waals surface area contributed by atoms with Crippen molar-refractivity contribution in [2.24, 2.45) is 0 Å². The highest BCUT2D eigenvalue weighted by molar-refractivity contribution is 7.08. The Morgan fingerprint density at radius 1 is 1.06 bits per heavy atom. The molecule has 3 N–H and O–H groups in total. The van der Waals surface area contributed by atoms with Crippen LogP contribution >= 0.6 is 11.3 Å². The van der Waals surface area contributed by atoms with E-state index < -0.39 is 0 Å². The van der Waals surface area contributed by atoms with Crippen LogP contribution in [0.1, 0.15) is 19.8 Å². The normalized spacial score (nSPS) is 11.3. The second kappa shape index (κ2) is 8.73. The summed E-state index contributed by atoms with van der Waals surface area (Å²) in [5.41, 5.74) is 7.38. The SMILES string of the molecule is CCCC(=O)Nc1cncc(-c2cc3c(-c4nc5c(-c6ccsc6)cncc5[nH]4)n[nH]c3cn2)c1. The minimum absolute atomic E-state index is 0.0341. The third-order valence-corrected chi connectivity index (χ3v) is 6.38. The molecule has 0 aliphatic heterocycles. The number of aromatic amines is 2. The second-order valence-electron chi connectivity index (χ2n) is 8.13. The van der Waals surface area contributed by atoms with Crippen molar-refractivity contribution in [1.82, 2.24) is 35.1 Å². The molecule has 0 spiro atoms. The average Bonchev–Trinajstić information content (AvgIpc) is 3.63. The number of aromatic nitrogens is 7. The number of carbonyl (C=O) groups is 1. The van der Waals surface area contributed by atoms with E-state index in [9.17, 15) is 4.79 Å². The molecule has 0 saturated carbocycles. The van der Waals surface area contributed by atoms with Crippen molar-refractivity contribution >= 4 is 44.9 Å². The van der Waals surface area contributed by atoms with Crippen LogP contribution in [0.4, 0.5) is 5.69 Å². The first-order valence-electron chi connectivity index (χ1n) is 11.2. The van der Waals surface area contributed by atoms with Gasteiger partial charge in [0.15, 0.2) is 5.82 Å².